The van der Waals surface area contributed by atoms with E-state index in [1.807, 2.05) is 18.2 Å². The number of hydrogen-bond acceptors (Lipinski definition) is 4. The van der Waals surface area contributed by atoms with E-state index >= 15 is 0 Å². The number of rotatable bonds is 3. The molecule has 1 unspecified atom stereocenters. The van der Waals surface area contributed by atoms with Crippen LogP contribution in [-0.4, -0.2) is 18.8 Å². The van der Waals surface area contributed by atoms with Gasteiger partial charge in [-0.3, -0.25) is 0 Å². The molecule has 0 saturated heterocycles. The lowest BCUT2D eigenvalue weighted by atomic mass is 10.1. The molecule has 2 N–H and O–H groups in total. The Bertz CT molecular complexity index is 639. The van der Waals surface area contributed by atoms with Crippen molar-refractivity contribution in [3.8, 4) is 17.1 Å². The molecular formula is C14H12ClNO4. The zero-order chi connectivity index (χ0) is 14.1. The molecule has 104 valence electrons. The Hall–Kier alpha value is -2.14. The largest absolute Gasteiger partial charge is 0.485 e. The Labute approximate surface area is 120 Å². The molecule has 6 heteroatoms. The second kappa shape index (κ2) is 5.09. The van der Waals surface area contributed by atoms with Crippen LogP contribution in [0, 0.1) is 0 Å². The summed E-state index contributed by atoms with van der Waals surface area (Å²) in [5.41, 5.74) is 6.79. The van der Waals surface area contributed by atoms with Crippen molar-refractivity contribution in [2.45, 2.75) is 12.5 Å². The molecule has 0 spiro atoms. The summed E-state index contributed by atoms with van der Waals surface area (Å²) in [4.78, 5) is 10.6. The molecule has 2 heterocycles. The normalized spacial score (nSPS) is 16.6. The third-order valence-corrected chi connectivity index (χ3v) is 3.35. The highest BCUT2D eigenvalue weighted by Crippen LogP contribution is 2.39. The van der Waals surface area contributed by atoms with Gasteiger partial charge in [-0.25, -0.2) is 4.79 Å². The second-order valence-corrected chi connectivity index (χ2v) is 4.90. The van der Waals surface area contributed by atoms with Crippen LogP contribution in [0.15, 0.2) is 34.9 Å². The number of halogens is 1. The summed E-state index contributed by atoms with van der Waals surface area (Å²) in [5, 5.41) is 0.510. The first-order chi connectivity index (χ1) is 9.63. The van der Waals surface area contributed by atoms with Crippen molar-refractivity contribution in [1.29, 1.82) is 0 Å². The van der Waals surface area contributed by atoms with Gasteiger partial charge in [0, 0.05) is 17.5 Å². The highest BCUT2D eigenvalue weighted by molar-refractivity contribution is 6.32. The fourth-order valence-electron chi connectivity index (χ4n) is 2.24. The first-order valence-corrected chi connectivity index (χ1v) is 6.46. The van der Waals surface area contributed by atoms with Gasteiger partial charge in [-0.1, -0.05) is 11.6 Å². The average molecular weight is 294 g/mol. The Morgan fingerprint density at radius 3 is 3.05 bits per heavy atom. The molecule has 2 aromatic rings. The standard InChI is InChI=1S/C14H12ClNO4/c15-11-6-8(12-2-1-3-18-12)4-9-5-10(20-13(9)11)7-19-14(16)17/h1-4,6,10H,5,7H2,(H2,16,17). The van der Waals surface area contributed by atoms with Crippen LogP contribution in [0.4, 0.5) is 4.79 Å². The van der Waals surface area contributed by atoms with Gasteiger partial charge in [-0.05, 0) is 24.3 Å². The Kier molecular flexibility index (Phi) is 3.28. The van der Waals surface area contributed by atoms with Crippen molar-refractivity contribution < 1.29 is 18.7 Å². The van der Waals surface area contributed by atoms with Crippen molar-refractivity contribution in [2.24, 2.45) is 5.73 Å². The fraction of sp³-hybridized carbons (Fsp3) is 0.214. The molecule has 0 saturated carbocycles. The van der Waals surface area contributed by atoms with Crippen LogP contribution >= 0.6 is 11.6 Å². The first kappa shape index (κ1) is 12.9. The average Bonchev–Trinajstić information content (AvgIpc) is 3.05. The third-order valence-electron chi connectivity index (χ3n) is 3.07. The molecular weight excluding hydrogens is 282 g/mol. The van der Waals surface area contributed by atoms with Crippen LogP contribution < -0.4 is 10.5 Å². The lowest BCUT2D eigenvalue weighted by Crippen LogP contribution is -2.25. The van der Waals surface area contributed by atoms with Crippen LogP contribution in [-0.2, 0) is 11.2 Å². The van der Waals surface area contributed by atoms with E-state index in [4.69, 9.17) is 31.2 Å². The Morgan fingerprint density at radius 2 is 2.35 bits per heavy atom. The monoisotopic (exact) mass is 293 g/mol. The van der Waals surface area contributed by atoms with Crippen LogP contribution in [0.2, 0.25) is 5.02 Å². The summed E-state index contributed by atoms with van der Waals surface area (Å²) >= 11 is 6.22. The predicted molar refractivity (Wildman–Crippen MR) is 72.8 cm³/mol. The summed E-state index contributed by atoms with van der Waals surface area (Å²) < 4.78 is 15.8. The zero-order valence-electron chi connectivity index (χ0n) is 10.5. The number of fused-ring (bicyclic) bond motifs is 1. The minimum atomic E-state index is -0.813. The van der Waals surface area contributed by atoms with E-state index < -0.39 is 6.09 Å². The molecule has 20 heavy (non-hydrogen) atoms. The van der Waals surface area contributed by atoms with E-state index in [1.165, 1.54) is 0 Å². The molecule has 1 aliphatic rings. The number of carbonyl (C=O) groups is 1. The maximum atomic E-state index is 10.6. The smallest absolute Gasteiger partial charge is 0.404 e. The first-order valence-electron chi connectivity index (χ1n) is 6.08. The Morgan fingerprint density at radius 1 is 1.50 bits per heavy atom. The van der Waals surface area contributed by atoms with Gasteiger partial charge in [0.2, 0.25) is 0 Å². The minimum absolute atomic E-state index is 0.108. The van der Waals surface area contributed by atoms with E-state index in [2.05, 4.69) is 0 Å². The molecule has 0 radical (unpaired) electrons. The number of carbonyl (C=O) groups excluding carboxylic acids is 1. The van der Waals surface area contributed by atoms with Gasteiger partial charge >= 0.3 is 6.09 Å². The molecule has 3 rings (SSSR count). The molecule has 0 bridgehead atoms. The van der Waals surface area contributed by atoms with E-state index in [0.29, 0.717) is 17.2 Å². The van der Waals surface area contributed by atoms with E-state index in [0.717, 1.165) is 16.9 Å². The molecule has 1 aromatic heterocycles. The van der Waals surface area contributed by atoms with E-state index in [-0.39, 0.29) is 12.7 Å². The maximum Gasteiger partial charge on any atom is 0.404 e. The van der Waals surface area contributed by atoms with Crippen molar-refractivity contribution in [1.82, 2.24) is 0 Å². The molecule has 1 atom stereocenters. The van der Waals surface area contributed by atoms with Crippen LogP contribution in [0.5, 0.6) is 5.75 Å². The minimum Gasteiger partial charge on any atom is -0.485 e. The number of hydrogen-bond donors (Lipinski definition) is 1. The maximum absolute atomic E-state index is 10.6. The Balaban J connectivity index is 1.83. The van der Waals surface area contributed by atoms with Gasteiger partial charge in [0.15, 0.2) is 0 Å². The summed E-state index contributed by atoms with van der Waals surface area (Å²) in [6.45, 7) is 0.108. The summed E-state index contributed by atoms with van der Waals surface area (Å²) in [6, 6.07) is 7.43. The number of primary amides is 1. The summed E-state index contributed by atoms with van der Waals surface area (Å²) in [5.74, 6) is 1.37. The van der Waals surface area contributed by atoms with Crippen molar-refractivity contribution in [3.05, 3.63) is 41.1 Å². The van der Waals surface area contributed by atoms with Crippen LogP contribution in [0.25, 0.3) is 11.3 Å². The number of nitrogens with two attached hydrogens (primary N) is 1. The number of furan rings is 1. The van der Waals surface area contributed by atoms with Gasteiger partial charge in [0.1, 0.15) is 24.2 Å². The predicted octanol–water partition coefficient (Wildman–Crippen LogP) is 3.00. The quantitative estimate of drug-likeness (QED) is 0.944. The highest BCUT2D eigenvalue weighted by atomic mass is 35.5. The molecule has 0 aliphatic carbocycles. The van der Waals surface area contributed by atoms with Crippen LogP contribution in [0.1, 0.15) is 5.56 Å². The highest BCUT2D eigenvalue weighted by Gasteiger charge is 2.27. The topological polar surface area (TPSA) is 74.7 Å². The van der Waals surface area contributed by atoms with Gasteiger partial charge in [0.25, 0.3) is 0 Å². The third kappa shape index (κ3) is 2.44. The number of amides is 1. The molecule has 1 amide bonds. The van der Waals surface area contributed by atoms with Gasteiger partial charge < -0.3 is 19.6 Å². The SMILES string of the molecule is NC(=O)OCC1Cc2cc(-c3ccco3)cc(Cl)c2O1. The lowest BCUT2D eigenvalue weighted by molar-refractivity contribution is 0.0989. The van der Waals surface area contributed by atoms with Crippen LogP contribution in [0.3, 0.4) is 0 Å². The molecule has 0 fully saturated rings. The van der Waals surface area contributed by atoms with Crippen molar-refractivity contribution in [2.75, 3.05) is 6.61 Å². The van der Waals surface area contributed by atoms with Gasteiger partial charge in [-0.2, -0.15) is 0 Å². The molecule has 1 aromatic carbocycles. The summed E-state index contributed by atoms with van der Waals surface area (Å²) in [6.07, 6.45) is 1.14. The second-order valence-electron chi connectivity index (χ2n) is 4.50. The number of ether oxygens (including phenoxy) is 2. The molecule has 1 aliphatic heterocycles. The molecule has 5 nitrogen and oxygen atoms in total. The van der Waals surface area contributed by atoms with E-state index in [9.17, 15) is 4.79 Å². The number of benzene rings is 1. The van der Waals surface area contributed by atoms with Crippen molar-refractivity contribution >= 4 is 17.7 Å². The summed E-state index contributed by atoms with van der Waals surface area (Å²) in [7, 11) is 0. The van der Waals surface area contributed by atoms with E-state index in [1.54, 1.807) is 12.3 Å². The van der Waals surface area contributed by atoms with Crippen molar-refractivity contribution in [3.63, 3.8) is 0 Å². The zero-order valence-corrected chi connectivity index (χ0v) is 11.2. The fourth-order valence-corrected chi connectivity index (χ4v) is 2.52. The van der Waals surface area contributed by atoms with Gasteiger partial charge in [-0.15, -0.1) is 0 Å². The lowest BCUT2D eigenvalue weighted by Gasteiger charge is -2.10. The van der Waals surface area contributed by atoms with Gasteiger partial charge in [0.05, 0.1) is 11.3 Å².